The summed E-state index contributed by atoms with van der Waals surface area (Å²) in [6.45, 7) is 30.1. The molecule has 0 amide bonds. The fourth-order valence-corrected chi connectivity index (χ4v) is 2.71. The van der Waals surface area contributed by atoms with Gasteiger partial charge >= 0.3 is 0 Å². The maximum absolute atomic E-state index is 11.3. The van der Waals surface area contributed by atoms with Crippen molar-refractivity contribution in [3.8, 4) is 0 Å². The van der Waals surface area contributed by atoms with Crippen LogP contribution in [-0.4, -0.2) is 0 Å². The van der Waals surface area contributed by atoms with E-state index in [4.69, 9.17) is 0 Å². The van der Waals surface area contributed by atoms with E-state index in [9.17, 15) is 4.39 Å². The Labute approximate surface area is 211 Å². The van der Waals surface area contributed by atoms with E-state index in [0.717, 1.165) is 18.8 Å². The van der Waals surface area contributed by atoms with Crippen molar-refractivity contribution in [1.29, 1.82) is 0 Å². The summed E-state index contributed by atoms with van der Waals surface area (Å²) in [7, 11) is 0. The Bertz CT molecular complexity index is 479. The van der Waals surface area contributed by atoms with Crippen LogP contribution in [0.4, 0.5) is 4.39 Å². The van der Waals surface area contributed by atoms with Gasteiger partial charge < -0.3 is 0 Å². The van der Waals surface area contributed by atoms with Crippen molar-refractivity contribution in [2.24, 2.45) is 5.92 Å². The van der Waals surface area contributed by atoms with Crippen molar-refractivity contribution in [3.63, 3.8) is 0 Å². The van der Waals surface area contributed by atoms with Gasteiger partial charge in [-0.05, 0) is 79.1 Å². The average Bonchev–Trinajstić information content (AvgIpc) is 2.82. The van der Waals surface area contributed by atoms with Gasteiger partial charge in [0, 0.05) is 0 Å². The molecule has 0 rings (SSSR count). The molecule has 1 heteroatoms. The molecular formula is C32H63F. The maximum Gasteiger partial charge on any atom is 0.0926 e. The van der Waals surface area contributed by atoms with Crippen molar-refractivity contribution in [1.82, 2.24) is 0 Å². The second-order valence-corrected chi connectivity index (χ2v) is 7.62. The minimum atomic E-state index is -0.120. The molecule has 0 aromatic rings. The Hall–Kier alpha value is -1.37. The maximum atomic E-state index is 11.3. The Balaban J connectivity index is -0.000000153. The van der Waals surface area contributed by atoms with Gasteiger partial charge in [-0.25, -0.2) is 4.39 Å². The molecule has 0 saturated carbocycles. The van der Waals surface area contributed by atoms with E-state index < -0.39 is 0 Å². The number of rotatable bonds is 11. The van der Waals surface area contributed by atoms with Gasteiger partial charge in [0.2, 0.25) is 0 Å². The lowest BCUT2D eigenvalue weighted by atomic mass is 9.87. The highest BCUT2D eigenvalue weighted by molar-refractivity contribution is 5.16. The molecule has 0 aromatic heterocycles. The molecule has 0 aliphatic rings. The van der Waals surface area contributed by atoms with Crippen LogP contribution in [0.3, 0.4) is 0 Å². The summed E-state index contributed by atoms with van der Waals surface area (Å²) in [5, 5.41) is 0. The lowest BCUT2D eigenvalue weighted by Crippen LogP contribution is -2.04. The standard InChI is InChI=1S/C19H34.C5H10.C4H7F.2C2H6/c1-6-12-17(5)15-10-11-16-18(9-4)19(13-7-2)14-8-3;1-4-5(2)3;1-3-4(2)5;2*1-2/h9-10,12,15,19H,6-8,11,13-14,16H2,1-5H3;2,4H2,1,3H3;3H,1-2H3;2*1-2H3/b15-10-,17-12-,18-9+;;4-3-;;. The van der Waals surface area contributed by atoms with E-state index in [1.54, 1.807) is 12.5 Å². The Morgan fingerprint density at radius 2 is 1.27 bits per heavy atom. The van der Waals surface area contributed by atoms with Gasteiger partial charge in [-0.1, -0.05) is 115 Å². The normalized spacial score (nSPS) is 11.3. The zero-order valence-electron chi connectivity index (χ0n) is 25.2. The fourth-order valence-electron chi connectivity index (χ4n) is 2.71. The highest BCUT2D eigenvalue weighted by Crippen LogP contribution is 2.26. The minimum Gasteiger partial charge on any atom is -0.213 e. The topological polar surface area (TPSA) is 0 Å². The van der Waals surface area contributed by atoms with Crippen molar-refractivity contribution >= 4 is 0 Å². The summed E-state index contributed by atoms with van der Waals surface area (Å²) in [6, 6.07) is 0. The van der Waals surface area contributed by atoms with Crippen molar-refractivity contribution in [2.45, 2.75) is 141 Å². The molecule has 0 N–H and O–H groups in total. The molecule has 0 aliphatic heterocycles. The van der Waals surface area contributed by atoms with Crippen LogP contribution in [0.2, 0.25) is 0 Å². The molecule has 0 atom stereocenters. The van der Waals surface area contributed by atoms with E-state index in [-0.39, 0.29) is 5.83 Å². The highest BCUT2D eigenvalue weighted by atomic mass is 19.1. The number of allylic oxidation sites excluding steroid dienone is 9. The summed E-state index contributed by atoms with van der Waals surface area (Å²) in [6.07, 6.45) is 20.6. The minimum absolute atomic E-state index is 0.120. The van der Waals surface area contributed by atoms with Crippen LogP contribution >= 0.6 is 0 Å². The summed E-state index contributed by atoms with van der Waals surface area (Å²) < 4.78 is 11.3. The predicted octanol–water partition coefficient (Wildman–Crippen LogP) is 12.7. The zero-order chi connectivity index (χ0) is 27.1. The van der Waals surface area contributed by atoms with Gasteiger partial charge in [-0.2, -0.15) is 0 Å². The molecule has 0 nitrogen and oxygen atoms in total. The molecule has 0 unspecified atom stereocenters. The third-order valence-electron chi connectivity index (χ3n) is 4.68. The van der Waals surface area contributed by atoms with Crippen LogP contribution in [0.25, 0.3) is 0 Å². The van der Waals surface area contributed by atoms with Crippen molar-refractivity contribution in [2.75, 3.05) is 0 Å². The predicted molar refractivity (Wildman–Crippen MR) is 158 cm³/mol. The van der Waals surface area contributed by atoms with Gasteiger partial charge in [0.25, 0.3) is 0 Å². The quantitative estimate of drug-likeness (QED) is 0.210. The van der Waals surface area contributed by atoms with Gasteiger partial charge in [0.05, 0.1) is 5.83 Å². The van der Waals surface area contributed by atoms with Crippen LogP contribution in [0.15, 0.2) is 59.5 Å². The molecule has 198 valence electrons. The lowest BCUT2D eigenvalue weighted by Gasteiger charge is -2.19. The molecule has 0 aromatic carbocycles. The van der Waals surface area contributed by atoms with Crippen molar-refractivity contribution < 1.29 is 4.39 Å². The first-order chi connectivity index (χ1) is 15.7. The second kappa shape index (κ2) is 37.9. The molecular weight excluding hydrogens is 403 g/mol. The van der Waals surface area contributed by atoms with Crippen LogP contribution < -0.4 is 0 Å². The second-order valence-electron chi connectivity index (χ2n) is 7.62. The molecule has 0 heterocycles. The van der Waals surface area contributed by atoms with Gasteiger partial charge in [0.1, 0.15) is 0 Å². The van der Waals surface area contributed by atoms with E-state index in [2.05, 4.69) is 72.4 Å². The third-order valence-corrected chi connectivity index (χ3v) is 4.68. The summed E-state index contributed by atoms with van der Waals surface area (Å²) in [5.41, 5.74) is 4.32. The lowest BCUT2D eigenvalue weighted by molar-refractivity contribution is 0.489. The smallest absolute Gasteiger partial charge is 0.0926 e. The van der Waals surface area contributed by atoms with E-state index in [1.165, 1.54) is 62.7 Å². The number of halogens is 1. The molecule has 0 radical (unpaired) electrons. The summed E-state index contributed by atoms with van der Waals surface area (Å²) >= 11 is 0. The van der Waals surface area contributed by atoms with Gasteiger partial charge in [0.15, 0.2) is 0 Å². The molecule has 0 aliphatic carbocycles. The molecule has 0 bridgehead atoms. The molecule has 33 heavy (non-hydrogen) atoms. The van der Waals surface area contributed by atoms with Crippen LogP contribution in [-0.2, 0) is 0 Å². The largest absolute Gasteiger partial charge is 0.213 e. The SMILES string of the molecule is C/C=C(/C)F.C/C=C(\CC/C=C\C(C)=C/CC)C(CCC)CCC.C=C(C)CC.CC.CC. The average molecular weight is 467 g/mol. The third kappa shape index (κ3) is 41.4. The molecule has 0 fully saturated rings. The fraction of sp³-hybridized carbons (Fsp3) is 0.688. The highest BCUT2D eigenvalue weighted by Gasteiger charge is 2.10. The van der Waals surface area contributed by atoms with Gasteiger partial charge in [-0.3, -0.25) is 0 Å². The van der Waals surface area contributed by atoms with E-state index >= 15 is 0 Å². The van der Waals surface area contributed by atoms with Gasteiger partial charge in [-0.15, -0.1) is 6.58 Å². The first-order valence-electron chi connectivity index (χ1n) is 13.6. The number of hydrogen-bond donors (Lipinski definition) is 0. The Morgan fingerprint density at radius 1 is 0.848 bits per heavy atom. The van der Waals surface area contributed by atoms with E-state index in [0.29, 0.717) is 0 Å². The van der Waals surface area contributed by atoms with Crippen LogP contribution in [0, 0.1) is 5.92 Å². The molecule has 0 spiro atoms. The number of hydrogen-bond acceptors (Lipinski definition) is 0. The summed E-state index contributed by atoms with van der Waals surface area (Å²) in [5.74, 6) is 0.700. The van der Waals surface area contributed by atoms with Crippen molar-refractivity contribution in [3.05, 3.63) is 59.5 Å². The monoisotopic (exact) mass is 466 g/mol. The molecule has 0 saturated heterocycles. The summed E-state index contributed by atoms with van der Waals surface area (Å²) in [4.78, 5) is 0. The van der Waals surface area contributed by atoms with Crippen LogP contribution in [0.1, 0.15) is 141 Å². The zero-order valence-corrected chi connectivity index (χ0v) is 25.2. The van der Waals surface area contributed by atoms with Crippen LogP contribution in [0.5, 0.6) is 0 Å². The first-order valence-corrected chi connectivity index (χ1v) is 13.6. The first kappa shape index (κ1) is 41.8. The Kier molecular flexibility index (Phi) is 48.1. The van der Waals surface area contributed by atoms with E-state index in [1.807, 2.05) is 34.6 Å². The Morgan fingerprint density at radius 3 is 1.55 bits per heavy atom.